The Labute approximate surface area is 124 Å². The van der Waals surface area contributed by atoms with E-state index in [0.29, 0.717) is 0 Å². The van der Waals surface area contributed by atoms with Crippen molar-refractivity contribution in [2.75, 3.05) is 7.11 Å². The first-order valence-corrected chi connectivity index (χ1v) is 6.92. The Balaban J connectivity index is 2.25. The summed E-state index contributed by atoms with van der Waals surface area (Å²) in [6.45, 7) is 3.88. The van der Waals surface area contributed by atoms with Gasteiger partial charge in [0.25, 0.3) is 11.8 Å². The Morgan fingerprint density at radius 1 is 1.24 bits per heavy atom. The standard InChI is InChI=1S/C16H20N2O3/c1-11(2)9-13-14(19)18-16(21-3,15(20)17-13)10-12-7-5-4-6-8-12/h4-9,11H,10H2,1-3H3,(H,17,20)(H,18,19)/t16-/m0/s1. The van der Waals surface area contributed by atoms with Crippen LogP contribution < -0.4 is 10.6 Å². The fourth-order valence-corrected chi connectivity index (χ4v) is 2.26. The van der Waals surface area contributed by atoms with E-state index in [4.69, 9.17) is 4.74 Å². The molecular weight excluding hydrogens is 268 g/mol. The molecular formula is C16H20N2O3. The molecule has 2 rings (SSSR count). The average Bonchev–Trinajstić information content (AvgIpc) is 2.45. The lowest BCUT2D eigenvalue weighted by Gasteiger charge is -2.36. The Hall–Kier alpha value is -2.14. The van der Waals surface area contributed by atoms with Crippen LogP contribution in [0.2, 0.25) is 0 Å². The molecule has 0 unspecified atom stereocenters. The number of allylic oxidation sites excluding steroid dienone is 1. The molecule has 0 aromatic heterocycles. The lowest BCUT2D eigenvalue weighted by molar-refractivity contribution is -0.156. The third kappa shape index (κ3) is 3.31. The van der Waals surface area contributed by atoms with Crippen molar-refractivity contribution in [2.24, 2.45) is 5.92 Å². The van der Waals surface area contributed by atoms with E-state index in [9.17, 15) is 9.59 Å². The van der Waals surface area contributed by atoms with Gasteiger partial charge in [-0.1, -0.05) is 50.3 Å². The molecule has 1 fully saturated rings. The molecule has 1 atom stereocenters. The topological polar surface area (TPSA) is 67.4 Å². The number of benzene rings is 1. The van der Waals surface area contributed by atoms with Crippen LogP contribution in [0.15, 0.2) is 42.1 Å². The highest BCUT2D eigenvalue weighted by Gasteiger charge is 2.45. The summed E-state index contributed by atoms with van der Waals surface area (Å²) in [5.74, 6) is -0.531. The van der Waals surface area contributed by atoms with Crippen LogP contribution in [0.5, 0.6) is 0 Å². The van der Waals surface area contributed by atoms with Gasteiger partial charge in [0.1, 0.15) is 5.70 Å². The van der Waals surface area contributed by atoms with Gasteiger partial charge < -0.3 is 15.4 Å². The Morgan fingerprint density at radius 3 is 2.48 bits per heavy atom. The summed E-state index contributed by atoms with van der Waals surface area (Å²) in [7, 11) is 1.42. The van der Waals surface area contributed by atoms with Crippen molar-refractivity contribution >= 4 is 11.8 Å². The quantitative estimate of drug-likeness (QED) is 0.822. The molecule has 1 aliphatic rings. The molecule has 0 saturated carbocycles. The summed E-state index contributed by atoms with van der Waals surface area (Å²) in [6, 6.07) is 9.43. The van der Waals surface area contributed by atoms with Crippen LogP contribution in [0.3, 0.4) is 0 Å². The van der Waals surface area contributed by atoms with Gasteiger partial charge in [-0.3, -0.25) is 9.59 Å². The number of hydrogen-bond donors (Lipinski definition) is 2. The summed E-state index contributed by atoms with van der Waals surface area (Å²) < 4.78 is 5.35. The van der Waals surface area contributed by atoms with Crippen molar-refractivity contribution in [3.05, 3.63) is 47.7 Å². The van der Waals surface area contributed by atoms with E-state index < -0.39 is 5.72 Å². The van der Waals surface area contributed by atoms with E-state index in [1.54, 1.807) is 6.08 Å². The maximum atomic E-state index is 12.4. The van der Waals surface area contributed by atoms with Crippen molar-refractivity contribution in [1.82, 2.24) is 10.6 Å². The van der Waals surface area contributed by atoms with Crippen molar-refractivity contribution < 1.29 is 14.3 Å². The SMILES string of the molecule is CO[C@]1(Cc2ccccc2)NC(=O)C(=CC(C)C)NC1=O. The average molecular weight is 288 g/mol. The molecule has 1 heterocycles. The first-order chi connectivity index (χ1) is 9.97. The smallest absolute Gasteiger partial charge is 0.278 e. The first kappa shape index (κ1) is 15.3. The maximum Gasteiger partial charge on any atom is 0.278 e. The number of hydrogen-bond acceptors (Lipinski definition) is 3. The molecule has 0 radical (unpaired) electrons. The number of methoxy groups -OCH3 is 1. The van der Waals surface area contributed by atoms with Crippen molar-refractivity contribution in [2.45, 2.75) is 26.0 Å². The number of carbonyl (C=O) groups excluding carboxylic acids is 2. The summed E-state index contributed by atoms with van der Waals surface area (Å²) in [6.07, 6.45) is 1.99. The highest BCUT2D eigenvalue weighted by atomic mass is 16.5. The normalized spacial score (nSPS) is 24.1. The zero-order valence-corrected chi connectivity index (χ0v) is 12.5. The molecule has 1 saturated heterocycles. The van der Waals surface area contributed by atoms with Gasteiger partial charge >= 0.3 is 0 Å². The summed E-state index contributed by atoms with van der Waals surface area (Å²) in [4.78, 5) is 24.6. The minimum Gasteiger partial charge on any atom is -0.350 e. The molecule has 5 heteroatoms. The van der Waals surface area contributed by atoms with Crippen LogP contribution >= 0.6 is 0 Å². The molecule has 0 bridgehead atoms. The van der Waals surface area contributed by atoms with E-state index >= 15 is 0 Å². The van der Waals surface area contributed by atoms with Crippen LogP contribution in [-0.4, -0.2) is 24.6 Å². The number of piperazine rings is 1. The second-order valence-electron chi connectivity index (χ2n) is 5.43. The first-order valence-electron chi connectivity index (χ1n) is 6.92. The van der Waals surface area contributed by atoms with Crippen molar-refractivity contribution in [1.29, 1.82) is 0 Å². The van der Waals surface area contributed by atoms with Gasteiger partial charge in [0, 0.05) is 13.5 Å². The molecule has 1 aromatic carbocycles. The molecule has 21 heavy (non-hydrogen) atoms. The maximum absolute atomic E-state index is 12.4. The van der Waals surface area contributed by atoms with Gasteiger partial charge in [0.05, 0.1) is 0 Å². The van der Waals surface area contributed by atoms with Crippen LogP contribution in [0.4, 0.5) is 0 Å². The van der Waals surface area contributed by atoms with Gasteiger partial charge in [-0.25, -0.2) is 0 Å². The van der Waals surface area contributed by atoms with Gasteiger partial charge in [-0.15, -0.1) is 0 Å². The second-order valence-corrected chi connectivity index (χ2v) is 5.43. The summed E-state index contributed by atoms with van der Waals surface area (Å²) >= 11 is 0. The van der Waals surface area contributed by atoms with Crippen molar-refractivity contribution in [3.63, 3.8) is 0 Å². The number of nitrogens with one attached hydrogen (secondary N) is 2. The number of rotatable bonds is 4. The Kier molecular flexibility index (Phi) is 4.43. The van der Waals surface area contributed by atoms with E-state index in [-0.39, 0.29) is 29.9 Å². The van der Waals surface area contributed by atoms with Crippen LogP contribution in [0.25, 0.3) is 0 Å². The molecule has 0 spiro atoms. The zero-order valence-electron chi connectivity index (χ0n) is 12.5. The molecule has 5 nitrogen and oxygen atoms in total. The Bertz CT molecular complexity index is 566. The van der Waals surface area contributed by atoms with Gasteiger partial charge in [0.2, 0.25) is 5.72 Å². The van der Waals surface area contributed by atoms with E-state index in [1.165, 1.54) is 7.11 Å². The lowest BCUT2D eigenvalue weighted by Crippen LogP contribution is -2.66. The molecule has 112 valence electrons. The molecule has 2 amide bonds. The van der Waals surface area contributed by atoms with Gasteiger partial charge in [-0.05, 0) is 11.5 Å². The third-order valence-electron chi connectivity index (χ3n) is 3.32. The highest BCUT2D eigenvalue weighted by Crippen LogP contribution is 2.20. The predicted octanol–water partition coefficient (Wildman–Crippen LogP) is 1.36. The van der Waals surface area contributed by atoms with Crippen molar-refractivity contribution in [3.8, 4) is 0 Å². The summed E-state index contributed by atoms with van der Waals surface area (Å²) in [5, 5.41) is 5.34. The third-order valence-corrected chi connectivity index (χ3v) is 3.32. The van der Waals surface area contributed by atoms with E-state index in [0.717, 1.165) is 5.56 Å². The lowest BCUT2D eigenvalue weighted by atomic mass is 9.98. The minimum absolute atomic E-state index is 0.162. The van der Waals surface area contributed by atoms with Crippen LogP contribution in [0.1, 0.15) is 19.4 Å². The Morgan fingerprint density at radius 2 is 1.90 bits per heavy atom. The number of carbonyl (C=O) groups is 2. The predicted molar refractivity (Wildman–Crippen MR) is 79.1 cm³/mol. The van der Waals surface area contributed by atoms with Gasteiger partial charge in [-0.2, -0.15) is 0 Å². The number of amides is 2. The van der Waals surface area contributed by atoms with Gasteiger partial charge in [0.15, 0.2) is 0 Å². The van der Waals surface area contributed by atoms with E-state index in [2.05, 4.69) is 10.6 Å². The molecule has 0 aliphatic carbocycles. The monoisotopic (exact) mass is 288 g/mol. The van der Waals surface area contributed by atoms with Crippen LogP contribution in [0, 0.1) is 5.92 Å². The molecule has 1 aliphatic heterocycles. The summed E-state index contributed by atoms with van der Waals surface area (Å²) in [5.41, 5.74) is -0.186. The zero-order chi connectivity index (χ0) is 15.5. The fraction of sp³-hybridized carbons (Fsp3) is 0.375. The van der Waals surface area contributed by atoms with E-state index in [1.807, 2.05) is 44.2 Å². The number of ether oxygens (including phenoxy) is 1. The minimum atomic E-state index is -1.37. The second kappa shape index (κ2) is 6.10. The largest absolute Gasteiger partial charge is 0.350 e. The molecule has 1 aromatic rings. The van der Waals surface area contributed by atoms with Crippen LogP contribution in [-0.2, 0) is 20.7 Å². The molecule has 2 N–H and O–H groups in total. The highest BCUT2D eigenvalue weighted by molar-refractivity contribution is 6.06. The fourth-order valence-electron chi connectivity index (χ4n) is 2.26.